The van der Waals surface area contributed by atoms with Crippen LogP contribution in [0.2, 0.25) is 0 Å². The van der Waals surface area contributed by atoms with Crippen molar-refractivity contribution in [3.63, 3.8) is 0 Å². The number of aromatic nitrogens is 2. The first-order valence-corrected chi connectivity index (χ1v) is 8.45. The largest absolute Gasteiger partial charge is 0.388 e. The number of carbonyl (C=O) groups is 1. The molecule has 1 aliphatic rings. The van der Waals surface area contributed by atoms with Gasteiger partial charge in [-0.25, -0.2) is 9.18 Å². The molecule has 7 heteroatoms. The van der Waals surface area contributed by atoms with E-state index in [2.05, 4.69) is 10.4 Å². The van der Waals surface area contributed by atoms with E-state index in [1.165, 1.54) is 12.1 Å². The smallest absolute Gasteiger partial charge is 0.322 e. The summed E-state index contributed by atoms with van der Waals surface area (Å²) in [6.07, 6.45) is 3.23. The number of nitrogens with one attached hydrogen (secondary N) is 1. The molecule has 25 heavy (non-hydrogen) atoms. The topological polar surface area (TPSA) is 70.4 Å². The van der Waals surface area contributed by atoms with Crippen molar-refractivity contribution in [3.05, 3.63) is 47.5 Å². The highest BCUT2D eigenvalue weighted by atomic mass is 19.1. The Kier molecular flexibility index (Phi) is 5.03. The van der Waals surface area contributed by atoms with Gasteiger partial charge in [-0.05, 0) is 43.9 Å². The summed E-state index contributed by atoms with van der Waals surface area (Å²) in [5.74, 6) is -0.329. The fraction of sp³-hybridized carbons (Fsp3) is 0.444. The first-order chi connectivity index (χ1) is 11.9. The SMILES string of the molecule is Cc1nn(C)cc1NC(=O)N1CCCC1CC(O)c1ccc(F)cc1. The number of likely N-dealkylation sites (tertiary alicyclic amines) is 1. The number of urea groups is 1. The molecule has 1 aromatic carbocycles. The first kappa shape index (κ1) is 17.4. The fourth-order valence-electron chi connectivity index (χ4n) is 3.34. The summed E-state index contributed by atoms with van der Waals surface area (Å²) in [5, 5.41) is 17.5. The third kappa shape index (κ3) is 3.99. The van der Waals surface area contributed by atoms with Crippen molar-refractivity contribution in [3.8, 4) is 0 Å². The predicted octanol–water partition coefficient (Wildman–Crippen LogP) is 2.99. The molecule has 1 saturated heterocycles. The Morgan fingerprint density at radius 1 is 1.44 bits per heavy atom. The minimum atomic E-state index is -0.723. The lowest BCUT2D eigenvalue weighted by Gasteiger charge is -2.26. The van der Waals surface area contributed by atoms with Gasteiger partial charge in [0.1, 0.15) is 5.82 Å². The number of aliphatic hydroxyl groups is 1. The molecule has 2 aromatic rings. The number of anilines is 1. The van der Waals surface area contributed by atoms with Crippen LogP contribution in [-0.2, 0) is 7.05 Å². The van der Waals surface area contributed by atoms with Crippen molar-refractivity contribution >= 4 is 11.7 Å². The molecule has 3 rings (SSSR count). The number of carbonyl (C=O) groups excluding carboxylic acids is 1. The van der Waals surface area contributed by atoms with Crippen molar-refractivity contribution in [2.24, 2.45) is 7.05 Å². The maximum absolute atomic E-state index is 13.0. The highest BCUT2D eigenvalue weighted by Crippen LogP contribution is 2.28. The van der Waals surface area contributed by atoms with Gasteiger partial charge in [0.2, 0.25) is 0 Å². The van der Waals surface area contributed by atoms with Crippen LogP contribution in [0.25, 0.3) is 0 Å². The summed E-state index contributed by atoms with van der Waals surface area (Å²) in [6.45, 7) is 2.50. The number of halogens is 1. The molecule has 1 fully saturated rings. The van der Waals surface area contributed by atoms with Gasteiger partial charge < -0.3 is 15.3 Å². The molecular formula is C18H23FN4O2. The molecule has 0 spiro atoms. The number of hydrogen-bond donors (Lipinski definition) is 2. The highest BCUT2D eigenvalue weighted by Gasteiger charge is 2.31. The minimum Gasteiger partial charge on any atom is -0.388 e. The van der Waals surface area contributed by atoms with Crippen LogP contribution in [0, 0.1) is 12.7 Å². The van der Waals surface area contributed by atoms with Gasteiger partial charge in [0.25, 0.3) is 0 Å². The molecule has 0 radical (unpaired) electrons. The van der Waals surface area contributed by atoms with E-state index in [1.54, 1.807) is 35.0 Å². The summed E-state index contributed by atoms with van der Waals surface area (Å²) in [6, 6.07) is 5.62. The molecule has 2 unspecified atom stereocenters. The van der Waals surface area contributed by atoms with Gasteiger partial charge in [0, 0.05) is 25.8 Å². The lowest BCUT2D eigenvalue weighted by atomic mass is 10.0. The van der Waals surface area contributed by atoms with E-state index in [4.69, 9.17) is 0 Å². The maximum Gasteiger partial charge on any atom is 0.322 e. The molecule has 2 heterocycles. The quantitative estimate of drug-likeness (QED) is 0.894. The molecule has 0 bridgehead atoms. The van der Waals surface area contributed by atoms with E-state index in [0.717, 1.165) is 18.5 Å². The second-order valence-electron chi connectivity index (χ2n) is 6.52. The lowest BCUT2D eigenvalue weighted by molar-refractivity contribution is 0.129. The molecule has 2 atom stereocenters. The van der Waals surface area contributed by atoms with Gasteiger partial charge in [0.05, 0.1) is 17.5 Å². The van der Waals surface area contributed by atoms with E-state index < -0.39 is 6.10 Å². The van der Waals surface area contributed by atoms with Gasteiger partial charge >= 0.3 is 6.03 Å². The molecule has 0 saturated carbocycles. The molecule has 1 aliphatic heterocycles. The Labute approximate surface area is 146 Å². The number of amides is 2. The second kappa shape index (κ2) is 7.23. The van der Waals surface area contributed by atoms with Crippen LogP contribution in [0.3, 0.4) is 0 Å². The zero-order valence-electron chi connectivity index (χ0n) is 14.4. The van der Waals surface area contributed by atoms with Crippen LogP contribution in [-0.4, -0.2) is 38.4 Å². The Hall–Kier alpha value is -2.41. The van der Waals surface area contributed by atoms with Gasteiger partial charge in [0.15, 0.2) is 0 Å². The zero-order chi connectivity index (χ0) is 18.0. The molecule has 6 nitrogen and oxygen atoms in total. The van der Waals surface area contributed by atoms with E-state index in [9.17, 15) is 14.3 Å². The Morgan fingerprint density at radius 2 is 2.16 bits per heavy atom. The summed E-state index contributed by atoms with van der Waals surface area (Å²) in [7, 11) is 1.81. The second-order valence-corrected chi connectivity index (χ2v) is 6.52. The normalized spacial score (nSPS) is 18.4. The van der Waals surface area contributed by atoms with Crippen LogP contribution < -0.4 is 5.32 Å². The summed E-state index contributed by atoms with van der Waals surface area (Å²) < 4.78 is 14.7. The van der Waals surface area contributed by atoms with E-state index >= 15 is 0 Å². The summed E-state index contributed by atoms with van der Waals surface area (Å²) in [4.78, 5) is 14.4. The Balaban J connectivity index is 1.64. The van der Waals surface area contributed by atoms with Gasteiger partial charge in [-0.15, -0.1) is 0 Å². The summed E-state index contributed by atoms with van der Waals surface area (Å²) >= 11 is 0. The van der Waals surface area contributed by atoms with Crippen molar-refractivity contribution < 1.29 is 14.3 Å². The molecule has 134 valence electrons. The third-order valence-electron chi connectivity index (χ3n) is 4.64. The van der Waals surface area contributed by atoms with Crippen LogP contribution in [0.1, 0.15) is 36.6 Å². The van der Waals surface area contributed by atoms with Gasteiger partial charge in [-0.3, -0.25) is 4.68 Å². The van der Waals surface area contributed by atoms with Crippen LogP contribution in [0.4, 0.5) is 14.9 Å². The van der Waals surface area contributed by atoms with E-state index in [0.29, 0.717) is 24.2 Å². The lowest BCUT2D eigenvalue weighted by Crippen LogP contribution is -2.39. The van der Waals surface area contributed by atoms with Gasteiger partial charge in [-0.2, -0.15) is 5.10 Å². The fourth-order valence-corrected chi connectivity index (χ4v) is 3.34. The average molecular weight is 346 g/mol. The number of nitrogens with zero attached hydrogens (tertiary/aromatic N) is 3. The minimum absolute atomic E-state index is 0.0444. The Bertz CT molecular complexity index is 744. The average Bonchev–Trinajstić information content (AvgIpc) is 3.14. The first-order valence-electron chi connectivity index (χ1n) is 8.45. The van der Waals surface area contributed by atoms with Crippen molar-refractivity contribution in [1.29, 1.82) is 0 Å². The van der Waals surface area contributed by atoms with E-state index in [-0.39, 0.29) is 17.9 Å². The van der Waals surface area contributed by atoms with Crippen molar-refractivity contribution in [2.75, 3.05) is 11.9 Å². The third-order valence-corrected chi connectivity index (χ3v) is 4.64. The molecule has 2 N–H and O–H groups in total. The number of benzene rings is 1. The molecule has 2 amide bonds. The zero-order valence-corrected chi connectivity index (χ0v) is 14.4. The number of hydrogen-bond acceptors (Lipinski definition) is 3. The highest BCUT2D eigenvalue weighted by molar-refractivity contribution is 5.90. The van der Waals surface area contributed by atoms with Crippen LogP contribution in [0.5, 0.6) is 0 Å². The van der Waals surface area contributed by atoms with Crippen molar-refractivity contribution in [1.82, 2.24) is 14.7 Å². The maximum atomic E-state index is 13.0. The van der Waals surface area contributed by atoms with Crippen molar-refractivity contribution in [2.45, 2.75) is 38.3 Å². The molecule has 0 aliphatic carbocycles. The van der Waals surface area contributed by atoms with Crippen LogP contribution >= 0.6 is 0 Å². The van der Waals surface area contributed by atoms with Crippen LogP contribution in [0.15, 0.2) is 30.5 Å². The molecular weight excluding hydrogens is 323 g/mol. The molecule has 1 aromatic heterocycles. The monoisotopic (exact) mass is 346 g/mol. The van der Waals surface area contributed by atoms with Gasteiger partial charge in [-0.1, -0.05) is 12.1 Å². The number of aliphatic hydroxyl groups excluding tert-OH is 1. The number of aryl methyl sites for hydroxylation is 2. The standard InChI is InChI=1S/C18H23FN4O2/c1-12-16(11-22(2)21-12)20-18(25)23-9-3-4-15(23)10-17(24)13-5-7-14(19)8-6-13/h5-8,11,15,17,24H,3-4,9-10H2,1-2H3,(H,20,25). The predicted molar refractivity (Wildman–Crippen MR) is 92.7 cm³/mol. The Morgan fingerprint density at radius 3 is 2.80 bits per heavy atom. The number of rotatable bonds is 4. The summed E-state index contributed by atoms with van der Waals surface area (Å²) in [5.41, 5.74) is 2.12. The van der Waals surface area contributed by atoms with E-state index in [1.807, 2.05) is 6.92 Å².